The Morgan fingerprint density at radius 2 is 1.74 bits per heavy atom. The molecule has 5 aromatic rings. The van der Waals surface area contributed by atoms with E-state index in [1.807, 2.05) is 17.5 Å². The molecule has 5 rings (SSSR count). The van der Waals surface area contributed by atoms with E-state index in [2.05, 4.69) is 65.8 Å². The number of aromatic nitrogens is 1. The van der Waals surface area contributed by atoms with Gasteiger partial charge in [-0.2, -0.15) is 0 Å². The SMILES string of the molecule is Cc1csc(-c2nccc3c2sc2cc4ccccc4cc23)c1. The van der Waals surface area contributed by atoms with Gasteiger partial charge in [-0.1, -0.05) is 24.3 Å². The predicted molar refractivity (Wildman–Crippen MR) is 103 cm³/mol. The summed E-state index contributed by atoms with van der Waals surface area (Å²) in [6, 6.07) is 17.6. The number of fused-ring (bicyclic) bond motifs is 4. The maximum Gasteiger partial charge on any atom is 0.0980 e. The molecule has 23 heavy (non-hydrogen) atoms. The summed E-state index contributed by atoms with van der Waals surface area (Å²) in [5.41, 5.74) is 2.42. The first-order chi connectivity index (χ1) is 11.3. The van der Waals surface area contributed by atoms with Gasteiger partial charge in [0.2, 0.25) is 0 Å². The van der Waals surface area contributed by atoms with Gasteiger partial charge in [0.1, 0.15) is 0 Å². The summed E-state index contributed by atoms with van der Waals surface area (Å²) in [5, 5.41) is 7.43. The zero-order valence-electron chi connectivity index (χ0n) is 12.5. The molecule has 0 N–H and O–H groups in total. The van der Waals surface area contributed by atoms with Gasteiger partial charge < -0.3 is 0 Å². The van der Waals surface area contributed by atoms with Crippen LogP contribution >= 0.6 is 22.7 Å². The number of hydrogen-bond acceptors (Lipinski definition) is 3. The van der Waals surface area contributed by atoms with Crippen LogP contribution < -0.4 is 0 Å². The fraction of sp³-hybridized carbons (Fsp3) is 0.0500. The summed E-state index contributed by atoms with van der Waals surface area (Å²) in [5.74, 6) is 0. The lowest BCUT2D eigenvalue weighted by atomic mass is 10.1. The second kappa shape index (κ2) is 4.88. The number of aryl methyl sites for hydroxylation is 1. The van der Waals surface area contributed by atoms with Gasteiger partial charge in [-0.05, 0) is 52.9 Å². The van der Waals surface area contributed by atoms with Crippen LogP contribution in [0.15, 0.2) is 60.1 Å². The lowest BCUT2D eigenvalue weighted by Gasteiger charge is -1.99. The molecule has 0 atom stereocenters. The van der Waals surface area contributed by atoms with Crippen LogP contribution in [0.3, 0.4) is 0 Å². The van der Waals surface area contributed by atoms with Crippen molar-refractivity contribution in [3.05, 3.63) is 65.7 Å². The standard InChI is InChI=1S/C20H13NS2/c1-12-8-18(22-11-12)19-20-15(6-7-21-19)16-9-13-4-2-3-5-14(13)10-17(16)23-20/h2-11H,1H3. The second-order valence-corrected chi connectivity index (χ2v) is 7.79. The van der Waals surface area contributed by atoms with Crippen molar-refractivity contribution >= 4 is 53.6 Å². The molecule has 3 aromatic heterocycles. The average Bonchev–Trinajstić information content (AvgIpc) is 3.16. The molecule has 0 saturated heterocycles. The molecule has 0 bridgehead atoms. The number of thiophene rings is 2. The third kappa shape index (κ3) is 2.01. The maximum atomic E-state index is 4.68. The summed E-state index contributed by atoms with van der Waals surface area (Å²) in [6.45, 7) is 2.14. The van der Waals surface area contributed by atoms with Crippen molar-refractivity contribution in [3.8, 4) is 10.6 Å². The molecular weight excluding hydrogens is 318 g/mol. The summed E-state index contributed by atoms with van der Waals surface area (Å²) in [7, 11) is 0. The fourth-order valence-electron chi connectivity index (χ4n) is 3.12. The molecule has 0 radical (unpaired) electrons. The summed E-state index contributed by atoms with van der Waals surface area (Å²) < 4.78 is 2.63. The Kier molecular flexibility index (Phi) is 2.81. The normalized spacial score (nSPS) is 11.7. The lowest BCUT2D eigenvalue weighted by Crippen LogP contribution is -1.79. The van der Waals surface area contributed by atoms with E-state index < -0.39 is 0 Å². The molecule has 3 heterocycles. The van der Waals surface area contributed by atoms with Crippen molar-refractivity contribution in [1.29, 1.82) is 0 Å². The first-order valence-corrected chi connectivity index (χ1v) is 9.25. The minimum atomic E-state index is 1.12. The molecule has 110 valence electrons. The minimum Gasteiger partial charge on any atom is -0.254 e. The summed E-state index contributed by atoms with van der Waals surface area (Å²) >= 11 is 3.63. The van der Waals surface area contributed by atoms with E-state index in [0.717, 1.165) is 5.69 Å². The Morgan fingerprint density at radius 3 is 2.52 bits per heavy atom. The molecule has 0 aliphatic rings. The third-order valence-corrected chi connectivity index (χ3v) is 6.45. The predicted octanol–water partition coefficient (Wildman–Crippen LogP) is 6.64. The summed E-state index contributed by atoms with van der Waals surface area (Å²) in [6.07, 6.45) is 1.94. The number of hydrogen-bond donors (Lipinski definition) is 0. The van der Waals surface area contributed by atoms with Gasteiger partial charge >= 0.3 is 0 Å². The second-order valence-electron chi connectivity index (χ2n) is 5.82. The quantitative estimate of drug-likeness (QED) is 0.335. The van der Waals surface area contributed by atoms with Gasteiger partial charge in [-0.25, -0.2) is 0 Å². The van der Waals surface area contributed by atoms with Crippen molar-refractivity contribution in [3.63, 3.8) is 0 Å². The number of benzene rings is 2. The van der Waals surface area contributed by atoms with E-state index >= 15 is 0 Å². The third-order valence-electron chi connectivity index (χ3n) is 4.22. The van der Waals surface area contributed by atoms with Crippen molar-refractivity contribution in [1.82, 2.24) is 4.98 Å². The molecule has 0 spiro atoms. The van der Waals surface area contributed by atoms with Gasteiger partial charge in [0, 0.05) is 21.7 Å². The smallest absolute Gasteiger partial charge is 0.0980 e. The van der Waals surface area contributed by atoms with Crippen LogP contribution in [-0.4, -0.2) is 4.98 Å². The highest BCUT2D eigenvalue weighted by atomic mass is 32.1. The molecule has 0 fully saturated rings. The van der Waals surface area contributed by atoms with Gasteiger partial charge in [0.25, 0.3) is 0 Å². The number of pyridine rings is 1. The van der Waals surface area contributed by atoms with E-state index in [1.54, 1.807) is 11.3 Å². The Labute approximate surface area is 141 Å². The minimum absolute atomic E-state index is 1.12. The topological polar surface area (TPSA) is 12.9 Å². The number of rotatable bonds is 1. The van der Waals surface area contributed by atoms with Crippen molar-refractivity contribution in [2.75, 3.05) is 0 Å². The largest absolute Gasteiger partial charge is 0.254 e. The zero-order chi connectivity index (χ0) is 15.4. The van der Waals surface area contributed by atoms with Crippen molar-refractivity contribution in [2.45, 2.75) is 6.92 Å². The van der Waals surface area contributed by atoms with Crippen LogP contribution in [0.25, 0.3) is 41.5 Å². The van der Waals surface area contributed by atoms with E-state index in [0.29, 0.717) is 0 Å². The Morgan fingerprint density at radius 1 is 0.913 bits per heavy atom. The van der Waals surface area contributed by atoms with E-state index in [9.17, 15) is 0 Å². The van der Waals surface area contributed by atoms with Crippen LogP contribution in [0.5, 0.6) is 0 Å². The van der Waals surface area contributed by atoms with Gasteiger partial charge in [0.15, 0.2) is 0 Å². The number of nitrogens with zero attached hydrogens (tertiary/aromatic N) is 1. The average molecular weight is 331 g/mol. The monoisotopic (exact) mass is 331 g/mol. The van der Waals surface area contributed by atoms with Gasteiger partial charge in [-0.3, -0.25) is 4.98 Å². The van der Waals surface area contributed by atoms with Crippen LogP contribution in [0.1, 0.15) is 5.56 Å². The molecule has 0 amide bonds. The van der Waals surface area contributed by atoms with E-state index in [1.165, 1.54) is 41.4 Å². The lowest BCUT2D eigenvalue weighted by molar-refractivity contribution is 1.38. The van der Waals surface area contributed by atoms with Crippen LogP contribution in [0.2, 0.25) is 0 Å². The Bertz CT molecular complexity index is 1180. The highest BCUT2D eigenvalue weighted by Gasteiger charge is 2.13. The first kappa shape index (κ1) is 13.2. The Balaban J connectivity index is 1.90. The highest BCUT2D eigenvalue weighted by Crippen LogP contribution is 2.41. The first-order valence-electron chi connectivity index (χ1n) is 7.55. The van der Waals surface area contributed by atoms with E-state index in [4.69, 9.17) is 0 Å². The Hall–Kier alpha value is -2.23. The van der Waals surface area contributed by atoms with E-state index in [-0.39, 0.29) is 0 Å². The molecule has 0 unspecified atom stereocenters. The van der Waals surface area contributed by atoms with Crippen LogP contribution in [0, 0.1) is 6.92 Å². The van der Waals surface area contributed by atoms with Crippen molar-refractivity contribution in [2.24, 2.45) is 0 Å². The van der Waals surface area contributed by atoms with Crippen LogP contribution in [-0.2, 0) is 0 Å². The summed E-state index contributed by atoms with van der Waals surface area (Å²) in [4.78, 5) is 5.93. The van der Waals surface area contributed by atoms with Crippen molar-refractivity contribution < 1.29 is 0 Å². The molecule has 1 nitrogen and oxygen atoms in total. The van der Waals surface area contributed by atoms with Gasteiger partial charge in [-0.15, -0.1) is 22.7 Å². The highest BCUT2D eigenvalue weighted by molar-refractivity contribution is 7.26. The molecule has 2 aromatic carbocycles. The van der Waals surface area contributed by atoms with Crippen LogP contribution in [0.4, 0.5) is 0 Å². The fourth-order valence-corrected chi connectivity index (χ4v) is 5.32. The zero-order valence-corrected chi connectivity index (χ0v) is 14.2. The molecule has 0 aliphatic carbocycles. The molecule has 0 saturated carbocycles. The van der Waals surface area contributed by atoms with Gasteiger partial charge in [0.05, 0.1) is 15.3 Å². The molecule has 3 heteroatoms. The molecular formula is C20H13NS2. The maximum absolute atomic E-state index is 4.68. The molecule has 0 aliphatic heterocycles.